The molecule has 1 atom stereocenters. The van der Waals surface area contributed by atoms with Crippen molar-refractivity contribution < 1.29 is 4.84 Å². The van der Waals surface area contributed by atoms with Gasteiger partial charge in [0, 0.05) is 23.8 Å². The van der Waals surface area contributed by atoms with E-state index in [1.54, 1.807) is 12.4 Å². The molecule has 0 spiro atoms. The van der Waals surface area contributed by atoms with Crippen molar-refractivity contribution in [1.29, 1.82) is 0 Å². The van der Waals surface area contributed by atoms with Crippen molar-refractivity contribution in [3.8, 4) is 0 Å². The van der Waals surface area contributed by atoms with Crippen molar-refractivity contribution in [3.63, 3.8) is 0 Å². The topological polar surface area (TPSA) is 34.5 Å². The predicted octanol–water partition coefficient (Wildman–Crippen LogP) is 3.60. The second kappa shape index (κ2) is 4.78. The molecule has 0 amide bonds. The van der Waals surface area contributed by atoms with E-state index in [2.05, 4.69) is 10.1 Å². The van der Waals surface area contributed by atoms with E-state index in [0.29, 0.717) is 0 Å². The molecule has 2 heterocycles. The molecule has 3 rings (SSSR count). The molecular formula is C14H11ClN2O. The zero-order valence-corrected chi connectivity index (χ0v) is 10.3. The van der Waals surface area contributed by atoms with Gasteiger partial charge in [-0.25, -0.2) is 0 Å². The van der Waals surface area contributed by atoms with E-state index in [4.69, 9.17) is 16.4 Å². The van der Waals surface area contributed by atoms with Crippen LogP contribution >= 0.6 is 11.6 Å². The Kier molecular flexibility index (Phi) is 2.99. The maximum atomic E-state index is 5.86. The molecule has 1 aliphatic rings. The maximum absolute atomic E-state index is 5.86. The minimum atomic E-state index is -0.0151. The number of pyridine rings is 1. The van der Waals surface area contributed by atoms with Crippen LogP contribution in [0.5, 0.6) is 0 Å². The van der Waals surface area contributed by atoms with Crippen LogP contribution in [0, 0.1) is 0 Å². The molecule has 0 aliphatic carbocycles. The molecule has 18 heavy (non-hydrogen) atoms. The average Bonchev–Trinajstić information content (AvgIpc) is 2.90. The molecule has 2 aromatic rings. The lowest BCUT2D eigenvalue weighted by Gasteiger charge is -2.07. The molecule has 1 aliphatic heterocycles. The molecule has 0 saturated heterocycles. The number of nitrogens with zero attached hydrogens (tertiary/aromatic N) is 2. The summed E-state index contributed by atoms with van der Waals surface area (Å²) in [6, 6.07) is 11.5. The first-order chi connectivity index (χ1) is 8.83. The third-order valence-electron chi connectivity index (χ3n) is 2.92. The van der Waals surface area contributed by atoms with Gasteiger partial charge in [-0.3, -0.25) is 4.98 Å². The fourth-order valence-corrected chi connectivity index (χ4v) is 2.07. The van der Waals surface area contributed by atoms with Crippen LogP contribution < -0.4 is 0 Å². The van der Waals surface area contributed by atoms with E-state index >= 15 is 0 Å². The van der Waals surface area contributed by atoms with Gasteiger partial charge in [0.2, 0.25) is 0 Å². The largest absolute Gasteiger partial charge is 0.387 e. The predicted molar refractivity (Wildman–Crippen MR) is 70.7 cm³/mol. The van der Waals surface area contributed by atoms with E-state index in [9.17, 15) is 0 Å². The lowest BCUT2D eigenvalue weighted by atomic mass is 10.0. The van der Waals surface area contributed by atoms with Crippen LogP contribution in [0.25, 0.3) is 0 Å². The summed E-state index contributed by atoms with van der Waals surface area (Å²) in [7, 11) is 0. The summed E-state index contributed by atoms with van der Waals surface area (Å²) < 4.78 is 0. The van der Waals surface area contributed by atoms with Crippen LogP contribution in [0.3, 0.4) is 0 Å². The number of aromatic nitrogens is 1. The molecular weight excluding hydrogens is 248 g/mol. The van der Waals surface area contributed by atoms with Gasteiger partial charge in [0.15, 0.2) is 6.10 Å². The SMILES string of the molecule is Clc1ccc(C2=NOC(c3ccncc3)C2)cc1. The van der Waals surface area contributed by atoms with Crippen LogP contribution in [-0.2, 0) is 4.84 Å². The molecule has 0 N–H and O–H groups in total. The molecule has 0 radical (unpaired) electrons. The molecule has 0 saturated carbocycles. The zero-order valence-electron chi connectivity index (χ0n) is 9.58. The Labute approximate surface area is 110 Å². The minimum Gasteiger partial charge on any atom is -0.387 e. The van der Waals surface area contributed by atoms with E-state index in [0.717, 1.165) is 28.3 Å². The lowest BCUT2D eigenvalue weighted by molar-refractivity contribution is 0.0857. The second-order valence-electron chi connectivity index (χ2n) is 4.12. The van der Waals surface area contributed by atoms with Gasteiger partial charge in [-0.05, 0) is 35.4 Å². The number of hydrogen-bond acceptors (Lipinski definition) is 3. The number of rotatable bonds is 2. The van der Waals surface area contributed by atoms with E-state index < -0.39 is 0 Å². The Balaban J connectivity index is 1.77. The fraction of sp³-hybridized carbons (Fsp3) is 0.143. The quantitative estimate of drug-likeness (QED) is 0.825. The Hall–Kier alpha value is -1.87. The van der Waals surface area contributed by atoms with Crippen molar-refractivity contribution in [2.75, 3.05) is 0 Å². The first-order valence-electron chi connectivity index (χ1n) is 5.71. The van der Waals surface area contributed by atoms with Crippen LogP contribution in [0.1, 0.15) is 23.7 Å². The molecule has 1 unspecified atom stereocenters. The minimum absolute atomic E-state index is 0.0151. The maximum Gasteiger partial charge on any atom is 0.158 e. The molecule has 3 nitrogen and oxygen atoms in total. The summed E-state index contributed by atoms with van der Waals surface area (Å²) in [5.41, 5.74) is 3.10. The summed E-state index contributed by atoms with van der Waals surface area (Å²) in [6.45, 7) is 0. The highest BCUT2D eigenvalue weighted by Gasteiger charge is 2.23. The van der Waals surface area contributed by atoms with Gasteiger partial charge in [0.1, 0.15) is 0 Å². The fourth-order valence-electron chi connectivity index (χ4n) is 1.95. The number of halogens is 1. The first kappa shape index (κ1) is 11.2. The first-order valence-corrected chi connectivity index (χ1v) is 6.09. The highest BCUT2D eigenvalue weighted by molar-refractivity contribution is 6.30. The highest BCUT2D eigenvalue weighted by atomic mass is 35.5. The summed E-state index contributed by atoms with van der Waals surface area (Å²) in [5.74, 6) is 0. The van der Waals surface area contributed by atoms with Crippen LogP contribution in [-0.4, -0.2) is 10.7 Å². The van der Waals surface area contributed by atoms with E-state index in [-0.39, 0.29) is 6.10 Å². The summed E-state index contributed by atoms with van der Waals surface area (Å²) in [6.07, 6.45) is 4.28. The van der Waals surface area contributed by atoms with Crippen molar-refractivity contribution in [3.05, 3.63) is 64.9 Å². The van der Waals surface area contributed by atoms with Crippen molar-refractivity contribution in [2.45, 2.75) is 12.5 Å². The Morgan fingerprint density at radius 2 is 1.78 bits per heavy atom. The van der Waals surface area contributed by atoms with Crippen molar-refractivity contribution >= 4 is 17.3 Å². The molecule has 0 bridgehead atoms. The number of hydrogen-bond donors (Lipinski definition) is 0. The van der Waals surface area contributed by atoms with Gasteiger partial charge in [0.05, 0.1) is 5.71 Å². The zero-order chi connectivity index (χ0) is 12.4. The Morgan fingerprint density at radius 3 is 2.50 bits per heavy atom. The van der Waals surface area contributed by atoms with Gasteiger partial charge in [-0.15, -0.1) is 0 Å². The Morgan fingerprint density at radius 1 is 1.06 bits per heavy atom. The van der Waals surface area contributed by atoms with Gasteiger partial charge < -0.3 is 4.84 Å². The van der Waals surface area contributed by atoms with Crippen LogP contribution in [0.2, 0.25) is 5.02 Å². The Bertz CT molecular complexity index is 566. The molecule has 1 aromatic heterocycles. The smallest absolute Gasteiger partial charge is 0.158 e. The molecule has 4 heteroatoms. The second-order valence-corrected chi connectivity index (χ2v) is 4.56. The van der Waals surface area contributed by atoms with E-state index in [1.807, 2.05) is 36.4 Å². The standard InChI is InChI=1S/C14H11ClN2O/c15-12-3-1-10(2-4-12)13-9-14(18-17-13)11-5-7-16-8-6-11/h1-8,14H,9H2. The number of oxime groups is 1. The summed E-state index contributed by atoms with van der Waals surface area (Å²) in [4.78, 5) is 9.46. The van der Waals surface area contributed by atoms with E-state index in [1.165, 1.54) is 0 Å². The average molecular weight is 259 g/mol. The normalized spacial score (nSPS) is 18.3. The molecule has 1 aromatic carbocycles. The molecule has 90 valence electrons. The van der Waals surface area contributed by atoms with Gasteiger partial charge in [-0.2, -0.15) is 0 Å². The highest BCUT2D eigenvalue weighted by Crippen LogP contribution is 2.29. The monoisotopic (exact) mass is 258 g/mol. The van der Waals surface area contributed by atoms with Crippen LogP contribution in [0.15, 0.2) is 53.9 Å². The van der Waals surface area contributed by atoms with Gasteiger partial charge in [0.25, 0.3) is 0 Å². The van der Waals surface area contributed by atoms with Crippen LogP contribution in [0.4, 0.5) is 0 Å². The van der Waals surface area contributed by atoms with Gasteiger partial charge >= 0.3 is 0 Å². The summed E-state index contributed by atoms with van der Waals surface area (Å²) >= 11 is 5.86. The molecule has 0 fully saturated rings. The van der Waals surface area contributed by atoms with Gasteiger partial charge in [-0.1, -0.05) is 28.9 Å². The number of benzene rings is 1. The lowest BCUT2D eigenvalue weighted by Crippen LogP contribution is -2.01. The van der Waals surface area contributed by atoms with Crippen molar-refractivity contribution in [1.82, 2.24) is 4.98 Å². The third kappa shape index (κ3) is 2.22. The third-order valence-corrected chi connectivity index (χ3v) is 3.18. The summed E-state index contributed by atoms with van der Waals surface area (Å²) in [5, 5.41) is 4.87. The van der Waals surface area contributed by atoms with Crippen molar-refractivity contribution in [2.24, 2.45) is 5.16 Å².